The topological polar surface area (TPSA) is 60.2 Å². The number of nitrogens with one attached hydrogen (secondary N) is 1. The molecule has 3 aromatic rings. The van der Waals surface area contributed by atoms with E-state index < -0.39 is 0 Å². The van der Waals surface area contributed by atoms with Gasteiger partial charge in [-0.3, -0.25) is 0 Å². The fourth-order valence-electron chi connectivity index (χ4n) is 2.20. The summed E-state index contributed by atoms with van der Waals surface area (Å²) in [6.45, 7) is 1.23. The molecular formula is C17H17N3O. The number of nitrogens with two attached hydrogens (primary N) is 1. The number of benzene rings is 2. The minimum Gasteiger partial charge on any atom is -0.492 e. The summed E-state index contributed by atoms with van der Waals surface area (Å²) in [5, 5.41) is 5.59. The maximum absolute atomic E-state index is 5.71. The number of fused-ring (bicyclic) bond motifs is 1. The second-order valence-electron chi connectivity index (χ2n) is 4.73. The third-order valence-electron chi connectivity index (χ3n) is 3.19. The number of anilines is 2. The quantitative estimate of drug-likeness (QED) is 0.555. The molecule has 2 aromatic carbocycles. The second-order valence-corrected chi connectivity index (χ2v) is 4.73. The molecule has 4 heteroatoms. The van der Waals surface area contributed by atoms with Gasteiger partial charge in [0, 0.05) is 23.3 Å². The third-order valence-corrected chi connectivity index (χ3v) is 3.19. The SMILES string of the molecule is Nc1cccc(OCCNc2nccc3ccccc23)c1. The van der Waals surface area contributed by atoms with Gasteiger partial charge in [-0.2, -0.15) is 0 Å². The maximum Gasteiger partial charge on any atom is 0.133 e. The molecule has 3 N–H and O–H groups in total. The molecule has 21 heavy (non-hydrogen) atoms. The van der Waals surface area contributed by atoms with Crippen molar-refractivity contribution in [2.45, 2.75) is 0 Å². The van der Waals surface area contributed by atoms with Crippen molar-refractivity contribution in [1.29, 1.82) is 0 Å². The van der Waals surface area contributed by atoms with Gasteiger partial charge in [0.15, 0.2) is 0 Å². The Hall–Kier alpha value is -2.75. The largest absolute Gasteiger partial charge is 0.492 e. The molecule has 0 atom stereocenters. The van der Waals surface area contributed by atoms with Crippen LogP contribution in [0.2, 0.25) is 0 Å². The van der Waals surface area contributed by atoms with Gasteiger partial charge in [0.05, 0.1) is 6.54 Å². The highest BCUT2D eigenvalue weighted by molar-refractivity contribution is 5.91. The summed E-state index contributed by atoms with van der Waals surface area (Å²) < 4.78 is 5.65. The first-order chi connectivity index (χ1) is 10.3. The second kappa shape index (κ2) is 6.13. The van der Waals surface area contributed by atoms with Gasteiger partial charge in [0.2, 0.25) is 0 Å². The first-order valence-electron chi connectivity index (χ1n) is 6.89. The van der Waals surface area contributed by atoms with E-state index in [4.69, 9.17) is 10.5 Å². The van der Waals surface area contributed by atoms with Crippen LogP contribution in [0.4, 0.5) is 11.5 Å². The Bertz CT molecular complexity index is 737. The molecule has 106 valence electrons. The van der Waals surface area contributed by atoms with Crippen molar-refractivity contribution in [3.8, 4) is 5.75 Å². The molecule has 0 radical (unpaired) electrons. The minimum atomic E-state index is 0.550. The third kappa shape index (κ3) is 3.23. The van der Waals surface area contributed by atoms with E-state index >= 15 is 0 Å². The van der Waals surface area contributed by atoms with Gasteiger partial charge in [-0.05, 0) is 23.6 Å². The van der Waals surface area contributed by atoms with Crippen LogP contribution in [0.25, 0.3) is 10.8 Å². The van der Waals surface area contributed by atoms with Crippen LogP contribution in [0.15, 0.2) is 60.8 Å². The number of ether oxygens (including phenoxy) is 1. The molecule has 0 spiro atoms. The predicted octanol–water partition coefficient (Wildman–Crippen LogP) is 3.31. The average Bonchev–Trinajstić information content (AvgIpc) is 2.52. The van der Waals surface area contributed by atoms with Crippen molar-refractivity contribution in [1.82, 2.24) is 4.98 Å². The Morgan fingerprint density at radius 2 is 1.95 bits per heavy atom. The van der Waals surface area contributed by atoms with E-state index in [0.717, 1.165) is 17.0 Å². The van der Waals surface area contributed by atoms with Gasteiger partial charge >= 0.3 is 0 Å². The van der Waals surface area contributed by atoms with Crippen LogP contribution >= 0.6 is 0 Å². The van der Waals surface area contributed by atoms with E-state index in [0.29, 0.717) is 18.8 Å². The summed E-state index contributed by atoms with van der Waals surface area (Å²) in [6.07, 6.45) is 1.81. The lowest BCUT2D eigenvalue weighted by Gasteiger charge is -2.10. The molecule has 1 aromatic heterocycles. The zero-order valence-corrected chi connectivity index (χ0v) is 11.6. The van der Waals surface area contributed by atoms with Gasteiger partial charge < -0.3 is 15.8 Å². The van der Waals surface area contributed by atoms with Crippen molar-refractivity contribution in [3.63, 3.8) is 0 Å². The molecule has 0 aliphatic heterocycles. The zero-order chi connectivity index (χ0) is 14.5. The van der Waals surface area contributed by atoms with Crippen molar-refractivity contribution < 1.29 is 4.74 Å². The molecule has 4 nitrogen and oxygen atoms in total. The van der Waals surface area contributed by atoms with E-state index in [1.54, 1.807) is 0 Å². The summed E-state index contributed by atoms with van der Waals surface area (Å²) in [5.41, 5.74) is 6.42. The van der Waals surface area contributed by atoms with Gasteiger partial charge in [0.25, 0.3) is 0 Å². The average molecular weight is 279 g/mol. The minimum absolute atomic E-state index is 0.550. The van der Waals surface area contributed by atoms with Crippen molar-refractivity contribution in [2.24, 2.45) is 0 Å². The van der Waals surface area contributed by atoms with Crippen LogP contribution in [0.3, 0.4) is 0 Å². The molecule has 0 saturated heterocycles. The monoisotopic (exact) mass is 279 g/mol. The van der Waals surface area contributed by atoms with Gasteiger partial charge in [-0.25, -0.2) is 4.98 Å². The van der Waals surface area contributed by atoms with E-state index in [9.17, 15) is 0 Å². The summed E-state index contributed by atoms with van der Waals surface area (Å²) in [5.74, 6) is 1.66. The molecule has 0 aliphatic rings. The molecular weight excluding hydrogens is 262 g/mol. The van der Waals surface area contributed by atoms with E-state index in [1.165, 1.54) is 5.39 Å². The molecule has 0 amide bonds. The van der Waals surface area contributed by atoms with Gasteiger partial charge in [-0.1, -0.05) is 30.3 Å². The Morgan fingerprint density at radius 1 is 1.05 bits per heavy atom. The number of aromatic nitrogens is 1. The summed E-state index contributed by atoms with van der Waals surface area (Å²) in [7, 11) is 0. The number of rotatable bonds is 5. The van der Waals surface area contributed by atoms with Gasteiger partial charge in [0.1, 0.15) is 18.2 Å². The van der Waals surface area contributed by atoms with E-state index in [1.807, 2.05) is 48.7 Å². The van der Waals surface area contributed by atoms with Crippen LogP contribution < -0.4 is 15.8 Å². The molecule has 0 aliphatic carbocycles. The lowest BCUT2D eigenvalue weighted by atomic mass is 10.1. The molecule has 1 heterocycles. The van der Waals surface area contributed by atoms with Crippen LogP contribution in [0.5, 0.6) is 5.75 Å². The Labute approximate surface area is 123 Å². The highest BCUT2D eigenvalue weighted by atomic mass is 16.5. The normalized spacial score (nSPS) is 10.5. The standard InChI is InChI=1S/C17H17N3O/c18-14-5-3-6-15(12-14)21-11-10-20-17-16-7-2-1-4-13(16)8-9-19-17/h1-9,12H,10-11,18H2,(H,19,20). The van der Waals surface area contributed by atoms with Crippen LogP contribution in [-0.4, -0.2) is 18.1 Å². The van der Waals surface area contributed by atoms with Crippen molar-refractivity contribution in [3.05, 3.63) is 60.8 Å². The van der Waals surface area contributed by atoms with Crippen LogP contribution in [0.1, 0.15) is 0 Å². The first kappa shape index (κ1) is 13.2. The van der Waals surface area contributed by atoms with Crippen molar-refractivity contribution in [2.75, 3.05) is 24.2 Å². The lowest BCUT2D eigenvalue weighted by molar-refractivity contribution is 0.333. The fraction of sp³-hybridized carbons (Fsp3) is 0.118. The number of hydrogen-bond acceptors (Lipinski definition) is 4. The predicted molar refractivity (Wildman–Crippen MR) is 86.6 cm³/mol. The summed E-state index contributed by atoms with van der Waals surface area (Å²) in [4.78, 5) is 4.38. The Balaban J connectivity index is 1.60. The molecule has 0 fully saturated rings. The fourth-order valence-corrected chi connectivity index (χ4v) is 2.20. The highest BCUT2D eigenvalue weighted by Crippen LogP contribution is 2.20. The smallest absolute Gasteiger partial charge is 0.133 e. The number of nitrogen functional groups attached to an aromatic ring is 1. The maximum atomic E-state index is 5.71. The van der Waals surface area contributed by atoms with Crippen LogP contribution in [-0.2, 0) is 0 Å². The van der Waals surface area contributed by atoms with E-state index in [2.05, 4.69) is 22.4 Å². The van der Waals surface area contributed by atoms with E-state index in [-0.39, 0.29) is 0 Å². The highest BCUT2D eigenvalue weighted by Gasteiger charge is 2.01. The molecule has 0 bridgehead atoms. The van der Waals surface area contributed by atoms with Gasteiger partial charge in [-0.15, -0.1) is 0 Å². The number of hydrogen-bond donors (Lipinski definition) is 2. The molecule has 3 rings (SSSR count). The zero-order valence-electron chi connectivity index (χ0n) is 11.6. The van der Waals surface area contributed by atoms with Crippen molar-refractivity contribution >= 4 is 22.3 Å². The summed E-state index contributed by atoms with van der Waals surface area (Å²) in [6, 6.07) is 17.6. The Kier molecular flexibility index (Phi) is 3.87. The Morgan fingerprint density at radius 3 is 2.86 bits per heavy atom. The molecule has 0 saturated carbocycles. The number of pyridine rings is 1. The summed E-state index contributed by atoms with van der Waals surface area (Å²) >= 11 is 0. The lowest BCUT2D eigenvalue weighted by Crippen LogP contribution is -2.12. The molecule has 0 unspecified atom stereocenters. The number of nitrogens with zero attached hydrogens (tertiary/aromatic N) is 1. The van der Waals surface area contributed by atoms with Crippen LogP contribution in [0, 0.1) is 0 Å². The first-order valence-corrected chi connectivity index (χ1v) is 6.89.